The summed E-state index contributed by atoms with van der Waals surface area (Å²) in [5.74, 6) is 0.574. The SMILES string of the molecule is CCCNC(=O)[C@@H](Cc1ccccc1)N(Cc1ccc(Br)cc1)C(=O)CCCN(c1ccc2c(c1)OCO2)S(C)(=O)=O. The van der Waals surface area contributed by atoms with Gasteiger partial charge in [0, 0.05) is 43.0 Å². The Kier molecular flexibility index (Phi) is 10.9. The third-order valence-electron chi connectivity index (χ3n) is 6.88. The standard InChI is InChI=1S/C31H36BrN3O6S/c1-3-17-33-31(37)27(19-23-8-5-4-6-9-23)34(21-24-11-13-25(32)14-12-24)30(36)10-7-18-35(42(2,38)39)26-15-16-28-29(20-26)41-22-40-28/h4-6,8-9,11-16,20,27H,3,7,10,17-19,21-22H2,1-2H3,(H,33,37)/t27-/m1/s1. The minimum atomic E-state index is -3.64. The number of carbonyl (C=O) groups is 2. The van der Waals surface area contributed by atoms with Gasteiger partial charge in [0.1, 0.15) is 6.04 Å². The van der Waals surface area contributed by atoms with Crippen LogP contribution in [0.1, 0.15) is 37.3 Å². The number of nitrogens with zero attached hydrogens (tertiary/aromatic N) is 2. The summed E-state index contributed by atoms with van der Waals surface area (Å²) in [6.45, 7) is 2.88. The van der Waals surface area contributed by atoms with Crippen molar-refractivity contribution < 1.29 is 27.5 Å². The molecule has 0 bridgehead atoms. The molecule has 9 nitrogen and oxygen atoms in total. The summed E-state index contributed by atoms with van der Waals surface area (Å²) in [5, 5.41) is 2.97. The number of fused-ring (bicyclic) bond motifs is 1. The molecule has 0 radical (unpaired) electrons. The van der Waals surface area contributed by atoms with Crippen LogP contribution in [-0.2, 0) is 32.6 Å². The van der Waals surface area contributed by atoms with Crippen molar-refractivity contribution in [1.29, 1.82) is 0 Å². The van der Waals surface area contributed by atoms with E-state index in [1.54, 1.807) is 23.1 Å². The second-order valence-electron chi connectivity index (χ2n) is 10.1. The lowest BCUT2D eigenvalue weighted by Crippen LogP contribution is -2.50. The highest BCUT2D eigenvalue weighted by Gasteiger charge is 2.30. The maximum Gasteiger partial charge on any atom is 0.243 e. The fraction of sp³-hybridized carbons (Fsp3) is 0.355. The van der Waals surface area contributed by atoms with Gasteiger partial charge in [0.15, 0.2) is 11.5 Å². The fourth-order valence-electron chi connectivity index (χ4n) is 4.75. The number of amides is 2. The zero-order valence-corrected chi connectivity index (χ0v) is 26.2. The molecule has 11 heteroatoms. The molecule has 0 aliphatic carbocycles. The van der Waals surface area contributed by atoms with E-state index in [0.717, 1.165) is 28.3 Å². The van der Waals surface area contributed by atoms with Crippen LogP contribution in [0.2, 0.25) is 0 Å². The van der Waals surface area contributed by atoms with E-state index >= 15 is 0 Å². The first-order valence-corrected chi connectivity index (χ1v) is 16.5. The first-order valence-electron chi connectivity index (χ1n) is 13.9. The van der Waals surface area contributed by atoms with Gasteiger partial charge in [-0.05, 0) is 48.2 Å². The quantitative estimate of drug-likeness (QED) is 0.265. The molecule has 1 aliphatic rings. The molecule has 4 rings (SSSR count). The average molecular weight is 659 g/mol. The normalized spacial score (nSPS) is 12.9. The minimum absolute atomic E-state index is 0.0550. The summed E-state index contributed by atoms with van der Waals surface area (Å²) in [7, 11) is -3.64. The Morgan fingerprint density at radius 1 is 0.976 bits per heavy atom. The number of benzene rings is 3. The Morgan fingerprint density at radius 2 is 1.69 bits per heavy atom. The van der Waals surface area contributed by atoms with Gasteiger partial charge >= 0.3 is 0 Å². The maximum atomic E-state index is 13.9. The van der Waals surface area contributed by atoms with Crippen molar-refractivity contribution in [3.05, 3.63) is 88.4 Å². The molecule has 2 amide bonds. The summed E-state index contributed by atoms with van der Waals surface area (Å²) in [5.41, 5.74) is 2.25. The van der Waals surface area contributed by atoms with Crippen LogP contribution in [0.15, 0.2) is 77.3 Å². The van der Waals surface area contributed by atoms with Gasteiger partial charge in [-0.3, -0.25) is 13.9 Å². The summed E-state index contributed by atoms with van der Waals surface area (Å²) in [6.07, 6.45) is 2.56. The molecule has 224 valence electrons. The van der Waals surface area contributed by atoms with Gasteiger partial charge in [0.25, 0.3) is 0 Å². The number of ether oxygens (including phenoxy) is 2. The summed E-state index contributed by atoms with van der Waals surface area (Å²) >= 11 is 3.45. The minimum Gasteiger partial charge on any atom is -0.454 e. The van der Waals surface area contributed by atoms with Crippen molar-refractivity contribution in [1.82, 2.24) is 10.2 Å². The molecular weight excluding hydrogens is 622 g/mol. The van der Waals surface area contributed by atoms with E-state index in [9.17, 15) is 18.0 Å². The second kappa shape index (κ2) is 14.6. The zero-order chi connectivity index (χ0) is 30.1. The van der Waals surface area contributed by atoms with E-state index in [1.807, 2.05) is 61.5 Å². The number of hydrogen-bond donors (Lipinski definition) is 1. The van der Waals surface area contributed by atoms with Gasteiger partial charge in [-0.1, -0.05) is 65.3 Å². The summed E-state index contributed by atoms with van der Waals surface area (Å²) in [6, 6.07) is 21.5. The molecule has 0 saturated carbocycles. The topological polar surface area (TPSA) is 105 Å². The predicted octanol–water partition coefficient (Wildman–Crippen LogP) is 4.89. The van der Waals surface area contributed by atoms with Crippen LogP contribution < -0.4 is 19.1 Å². The first-order chi connectivity index (χ1) is 20.2. The molecule has 0 aromatic heterocycles. The number of anilines is 1. The van der Waals surface area contributed by atoms with Crippen LogP contribution in [-0.4, -0.2) is 57.3 Å². The van der Waals surface area contributed by atoms with Crippen molar-refractivity contribution in [3.8, 4) is 11.5 Å². The monoisotopic (exact) mass is 657 g/mol. The zero-order valence-electron chi connectivity index (χ0n) is 23.8. The van der Waals surface area contributed by atoms with Crippen LogP contribution in [0, 0.1) is 0 Å². The van der Waals surface area contributed by atoms with Crippen LogP contribution in [0.4, 0.5) is 5.69 Å². The number of rotatable bonds is 14. The molecule has 1 heterocycles. The average Bonchev–Trinajstić information content (AvgIpc) is 3.44. The Bertz CT molecular complexity index is 1470. The maximum absolute atomic E-state index is 13.9. The van der Waals surface area contributed by atoms with Crippen LogP contribution in [0.3, 0.4) is 0 Å². The van der Waals surface area contributed by atoms with Crippen molar-refractivity contribution >= 4 is 43.5 Å². The lowest BCUT2D eigenvalue weighted by molar-refractivity contribution is -0.141. The Hall–Kier alpha value is -3.57. The molecule has 1 N–H and O–H groups in total. The molecule has 0 unspecified atom stereocenters. The number of carbonyl (C=O) groups excluding carboxylic acids is 2. The lowest BCUT2D eigenvalue weighted by Gasteiger charge is -2.32. The van der Waals surface area contributed by atoms with E-state index in [1.165, 1.54) is 4.31 Å². The van der Waals surface area contributed by atoms with Gasteiger partial charge in [-0.15, -0.1) is 0 Å². The highest BCUT2D eigenvalue weighted by molar-refractivity contribution is 9.10. The molecule has 3 aromatic carbocycles. The predicted molar refractivity (Wildman–Crippen MR) is 166 cm³/mol. The third kappa shape index (κ3) is 8.48. The van der Waals surface area contributed by atoms with Crippen molar-refractivity contribution in [2.24, 2.45) is 0 Å². The van der Waals surface area contributed by atoms with E-state index in [2.05, 4.69) is 21.2 Å². The van der Waals surface area contributed by atoms with Gasteiger partial charge in [0.05, 0.1) is 11.9 Å². The van der Waals surface area contributed by atoms with Crippen LogP contribution in [0.5, 0.6) is 11.5 Å². The van der Waals surface area contributed by atoms with Gasteiger partial charge in [-0.25, -0.2) is 8.42 Å². The van der Waals surface area contributed by atoms with E-state index in [4.69, 9.17) is 9.47 Å². The summed E-state index contributed by atoms with van der Waals surface area (Å²) in [4.78, 5) is 29.0. The van der Waals surface area contributed by atoms with Crippen molar-refractivity contribution in [3.63, 3.8) is 0 Å². The number of sulfonamides is 1. The molecule has 1 aliphatic heterocycles. The Balaban J connectivity index is 1.56. The first kappa shape index (κ1) is 31.4. The van der Waals surface area contributed by atoms with Gasteiger partial charge < -0.3 is 19.7 Å². The fourth-order valence-corrected chi connectivity index (χ4v) is 5.97. The number of halogens is 1. The molecule has 0 saturated heterocycles. The largest absolute Gasteiger partial charge is 0.454 e. The molecule has 3 aromatic rings. The molecule has 42 heavy (non-hydrogen) atoms. The van der Waals surface area contributed by atoms with Gasteiger partial charge in [0.2, 0.25) is 28.6 Å². The molecule has 1 atom stereocenters. The van der Waals surface area contributed by atoms with Gasteiger partial charge in [-0.2, -0.15) is 0 Å². The highest BCUT2D eigenvalue weighted by Crippen LogP contribution is 2.36. The second-order valence-corrected chi connectivity index (χ2v) is 12.9. The van der Waals surface area contributed by atoms with E-state index < -0.39 is 16.1 Å². The number of hydrogen-bond acceptors (Lipinski definition) is 6. The van der Waals surface area contributed by atoms with Crippen LogP contribution in [0.25, 0.3) is 0 Å². The van der Waals surface area contributed by atoms with E-state index in [0.29, 0.717) is 30.2 Å². The smallest absolute Gasteiger partial charge is 0.243 e. The van der Waals surface area contributed by atoms with Crippen molar-refractivity contribution in [2.45, 2.75) is 45.2 Å². The van der Waals surface area contributed by atoms with Crippen LogP contribution >= 0.6 is 15.9 Å². The Labute approximate surface area is 256 Å². The third-order valence-corrected chi connectivity index (χ3v) is 8.61. The van der Waals surface area contributed by atoms with E-state index in [-0.39, 0.29) is 44.5 Å². The Morgan fingerprint density at radius 3 is 2.38 bits per heavy atom. The number of nitrogens with one attached hydrogen (secondary N) is 1. The van der Waals surface area contributed by atoms with Crippen molar-refractivity contribution in [2.75, 3.05) is 30.4 Å². The highest BCUT2D eigenvalue weighted by atomic mass is 79.9. The molecular formula is C31H36BrN3O6S. The molecule has 0 spiro atoms. The summed E-state index contributed by atoms with van der Waals surface area (Å²) < 4.78 is 38.4. The molecule has 0 fully saturated rings. The lowest BCUT2D eigenvalue weighted by atomic mass is 10.0.